The van der Waals surface area contributed by atoms with E-state index in [2.05, 4.69) is 40.4 Å². The second-order valence-corrected chi connectivity index (χ2v) is 8.86. The summed E-state index contributed by atoms with van der Waals surface area (Å²) in [6, 6.07) is 17.5. The first kappa shape index (κ1) is 19.9. The maximum absolute atomic E-state index is 9.83. The van der Waals surface area contributed by atoms with Crippen molar-refractivity contribution in [3.8, 4) is 17.1 Å². The number of phenolic OH excluding ortho intramolecular Hbond substituents is 1. The van der Waals surface area contributed by atoms with Crippen LogP contribution < -0.4 is 5.32 Å². The zero-order valence-corrected chi connectivity index (χ0v) is 18.3. The Kier molecular flexibility index (Phi) is 5.55. The van der Waals surface area contributed by atoms with E-state index in [4.69, 9.17) is 9.97 Å². The van der Waals surface area contributed by atoms with E-state index in [1.165, 1.54) is 5.56 Å². The van der Waals surface area contributed by atoms with Gasteiger partial charge in [-0.05, 0) is 36.2 Å². The lowest BCUT2D eigenvalue weighted by atomic mass is 10.1. The Bertz CT molecular complexity index is 1200. The molecule has 0 aliphatic carbocycles. The smallest absolute Gasteiger partial charge is 0.162 e. The van der Waals surface area contributed by atoms with Crippen molar-refractivity contribution >= 4 is 33.1 Å². The summed E-state index contributed by atoms with van der Waals surface area (Å²) in [4.78, 5) is 14.7. The van der Waals surface area contributed by atoms with Crippen LogP contribution in [-0.2, 0) is 6.54 Å². The van der Waals surface area contributed by atoms with Gasteiger partial charge in [-0.25, -0.2) is 9.97 Å². The van der Waals surface area contributed by atoms with Crippen LogP contribution >= 0.6 is 11.3 Å². The Morgan fingerprint density at radius 3 is 2.68 bits per heavy atom. The topological polar surface area (TPSA) is 64.5 Å². The van der Waals surface area contributed by atoms with Crippen molar-refractivity contribution in [1.29, 1.82) is 0 Å². The number of fused-ring (bicyclic) bond motifs is 1. The number of nitrogens with one attached hydrogen (secondary N) is 1. The van der Waals surface area contributed by atoms with Crippen molar-refractivity contribution in [1.82, 2.24) is 19.8 Å². The molecule has 158 valence electrons. The Hall–Kier alpha value is -3.00. The zero-order valence-electron chi connectivity index (χ0n) is 17.5. The first-order valence-electron chi connectivity index (χ1n) is 10.5. The van der Waals surface area contributed by atoms with Crippen LogP contribution in [0, 0.1) is 0 Å². The largest absolute Gasteiger partial charge is 0.508 e. The molecular formula is C24H25N5OS. The molecule has 2 aromatic heterocycles. The fourth-order valence-electron chi connectivity index (χ4n) is 3.91. The Morgan fingerprint density at radius 1 is 1.00 bits per heavy atom. The lowest BCUT2D eigenvalue weighted by molar-refractivity contribution is 0.148. The van der Waals surface area contributed by atoms with Gasteiger partial charge >= 0.3 is 0 Å². The van der Waals surface area contributed by atoms with Crippen LogP contribution in [0.1, 0.15) is 5.56 Å². The average molecular weight is 432 g/mol. The van der Waals surface area contributed by atoms with Gasteiger partial charge in [0.2, 0.25) is 0 Å². The molecule has 0 amide bonds. The summed E-state index contributed by atoms with van der Waals surface area (Å²) >= 11 is 1.61. The van der Waals surface area contributed by atoms with E-state index in [9.17, 15) is 5.11 Å². The van der Waals surface area contributed by atoms with Gasteiger partial charge in [-0.2, -0.15) is 0 Å². The van der Waals surface area contributed by atoms with E-state index < -0.39 is 0 Å². The molecule has 31 heavy (non-hydrogen) atoms. The monoisotopic (exact) mass is 431 g/mol. The first-order valence-corrected chi connectivity index (χ1v) is 11.3. The van der Waals surface area contributed by atoms with Crippen molar-refractivity contribution in [3.05, 3.63) is 65.5 Å². The normalized spacial score (nSPS) is 15.4. The van der Waals surface area contributed by atoms with Gasteiger partial charge in [-0.1, -0.05) is 30.3 Å². The van der Waals surface area contributed by atoms with Crippen LogP contribution in [0.4, 0.5) is 11.5 Å². The first-order chi connectivity index (χ1) is 15.2. The number of hydrogen-bond donors (Lipinski definition) is 2. The summed E-state index contributed by atoms with van der Waals surface area (Å²) in [6.07, 6.45) is 0. The molecule has 0 saturated carbocycles. The van der Waals surface area contributed by atoms with Gasteiger partial charge in [0.15, 0.2) is 11.6 Å². The van der Waals surface area contributed by atoms with Crippen LogP contribution in [-0.4, -0.2) is 58.1 Å². The third-order valence-electron chi connectivity index (χ3n) is 5.66. The van der Waals surface area contributed by atoms with Gasteiger partial charge in [0, 0.05) is 50.0 Å². The summed E-state index contributed by atoms with van der Waals surface area (Å²) in [7, 11) is 2.18. The number of phenols is 1. The number of likely N-dealkylation sites (N-methyl/N-ethyl adjacent to an activating group) is 1. The standard InChI is InChI=1S/C24H25N5OS/c1-28-10-12-29(13-11-28)16-17-5-2-3-8-20(17)23-26-21-9-14-31-22(21)24(27-23)25-18-6-4-7-19(30)15-18/h2-9,14-15,30H,10-13,16H2,1H3,(H,25,26,27). The molecule has 3 heterocycles. The molecule has 1 fully saturated rings. The lowest BCUT2D eigenvalue weighted by Gasteiger charge is -2.32. The molecule has 0 unspecified atom stereocenters. The number of rotatable bonds is 5. The highest BCUT2D eigenvalue weighted by Gasteiger charge is 2.18. The molecule has 1 saturated heterocycles. The second-order valence-electron chi connectivity index (χ2n) is 7.94. The molecule has 6 nitrogen and oxygen atoms in total. The number of benzene rings is 2. The third-order valence-corrected chi connectivity index (χ3v) is 6.57. The fraction of sp³-hybridized carbons (Fsp3) is 0.250. The number of anilines is 2. The van der Waals surface area contributed by atoms with Gasteiger partial charge in [-0.3, -0.25) is 4.90 Å². The van der Waals surface area contributed by atoms with E-state index in [1.807, 2.05) is 29.6 Å². The lowest BCUT2D eigenvalue weighted by Crippen LogP contribution is -2.43. The predicted molar refractivity (Wildman–Crippen MR) is 127 cm³/mol. The molecule has 5 rings (SSSR count). The molecule has 4 aromatic rings. The minimum absolute atomic E-state index is 0.222. The summed E-state index contributed by atoms with van der Waals surface area (Å²) in [5.41, 5.74) is 4.02. The van der Waals surface area contributed by atoms with Crippen LogP contribution in [0.25, 0.3) is 21.6 Å². The van der Waals surface area contributed by atoms with E-state index in [0.717, 1.165) is 65.8 Å². The highest BCUT2D eigenvalue weighted by atomic mass is 32.1. The van der Waals surface area contributed by atoms with E-state index in [-0.39, 0.29) is 5.75 Å². The molecular weight excluding hydrogens is 406 g/mol. The number of nitrogens with zero attached hydrogens (tertiary/aromatic N) is 4. The maximum atomic E-state index is 9.83. The number of thiophene rings is 1. The van der Waals surface area contributed by atoms with Crippen molar-refractivity contribution < 1.29 is 5.11 Å². The summed E-state index contributed by atoms with van der Waals surface area (Å²) in [5, 5.41) is 15.2. The predicted octanol–water partition coefficient (Wildman–Crippen LogP) is 4.55. The van der Waals surface area contributed by atoms with Gasteiger partial charge in [0.1, 0.15) is 5.75 Å². The van der Waals surface area contributed by atoms with E-state index >= 15 is 0 Å². The van der Waals surface area contributed by atoms with Crippen molar-refractivity contribution in [3.63, 3.8) is 0 Å². The number of aromatic nitrogens is 2. The SMILES string of the molecule is CN1CCN(Cc2ccccc2-c2nc(Nc3cccc(O)c3)c3sccc3n2)CC1. The van der Waals surface area contributed by atoms with Crippen LogP contribution in [0.3, 0.4) is 0 Å². The van der Waals surface area contributed by atoms with Crippen molar-refractivity contribution in [2.45, 2.75) is 6.54 Å². The molecule has 2 N–H and O–H groups in total. The quantitative estimate of drug-likeness (QED) is 0.483. The average Bonchev–Trinajstić information content (AvgIpc) is 3.25. The number of aromatic hydroxyl groups is 1. The molecule has 1 aliphatic rings. The Labute approximate surface area is 185 Å². The minimum Gasteiger partial charge on any atom is -0.508 e. The Balaban J connectivity index is 1.51. The maximum Gasteiger partial charge on any atom is 0.162 e. The summed E-state index contributed by atoms with van der Waals surface area (Å²) in [5.74, 6) is 1.70. The van der Waals surface area contributed by atoms with Crippen molar-refractivity contribution in [2.75, 3.05) is 38.5 Å². The van der Waals surface area contributed by atoms with Crippen LogP contribution in [0.5, 0.6) is 5.75 Å². The molecule has 0 atom stereocenters. The fourth-order valence-corrected chi connectivity index (χ4v) is 4.69. The molecule has 1 aliphatic heterocycles. The van der Waals surface area contributed by atoms with Crippen LogP contribution in [0.15, 0.2) is 60.0 Å². The molecule has 7 heteroatoms. The van der Waals surface area contributed by atoms with Gasteiger partial charge in [0.25, 0.3) is 0 Å². The third kappa shape index (κ3) is 4.39. The highest BCUT2D eigenvalue weighted by molar-refractivity contribution is 7.17. The van der Waals surface area contributed by atoms with Crippen LogP contribution in [0.2, 0.25) is 0 Å². The second kappa shape index (κ2) is 8.63. The van der Waals surface area contributed by atoms with E-state index in [1.54, 1.807) is 23.5 Å². The Morgan fingerprint density at radius 2 is 1.84 bits per heavy atom. The highest BCUT2D eigenvalue weighted by Crippen LogP contribution is 2.32. The molecule has 2 aromatic carbocycles. The summed E-state index contributed by atoms with van der Waals surface area (Å²) < 4.78 is 1.00. The van der Waals surface area contributed by atoms with Crippen molar-refractivity contribution in [2.24, 2.45) is 0 Å². The van der Waals surface area contributed by atoms with Gasteiger partial charge < -0.3 is 15.3 Å². The van der Waals surface area contributed by atoms with Gasteiger partial charge in [0.05, 0.1) is 10.2 Å². The molecule has 0 bridgehead atoms. The van der Waals surface area contributed by atoms with Gasteiger partial charge in [-0.15, -0.1) is 11.3 Å². The number of piperazine rings is 1. The molecule has 0 radical (unpaired) electrons. The summed E-state index contributed by atoms with van der Waals surface area (Å²) in [6.45, 7) is 5.22. The number of hydrogen-bond acceptors (Lipinski definition) is 7. The zero-order chi connectivity index (χ0) is 21.2. The van der Waals surface area contributed by atoms with E-state index in [0.29, 0.717) is 0 Å². The minimum atomic E-state index is 0.222. The molecule has 0 spiro atoms.